The number of fused-ring (bicyclic) bond motifs is 1. The molecule has 0 saturated heterocycles. The van der Waals surface area contributed by atoms with E-state index in [9.17, 15) is 9.18 Å². The zero-order chi connectivity index (χ0) is 21.7. The fraction of sp³-hybridized carbons (Fsp3) is 0.391. The number of thiazole rings is 1. The molecule has 0 spiro atoms. The van der Waals surface area contributed by atoms with Crippen LogP contribution in [0.4, 0.5) is 15.2 Å². The Morgan fingerprint density at radius 1 is 1.03 bits per heavy atom. The molecule has 0 saturated carbocycles. The van der Waals surface area contributed by atoms with E-state index in [1.165, 1.54) is 17.4 Å². The summed E-state index contributed by atoms with van der Waals surface area (Å²) in [6.07, 6.45) is 0.800. The average Bonchev–Trinajstić information content (AvgIpc) is 3.17. The molecule has 0 aliphatic carbocycles. The lowest BCUT2D eigenvalue weighted by Gasteiger charge is -2.23. The van der Waals surface area contributed by atoms with Crippen molar-refractivity contribution in [3.05, 3.63) is 53.8 Å². The summed E-state index contributed by atoms with van der Waals surface area (Å²) in [5.41, 5.74) is 2.02. The molecule has 0 radical (unpaired) electrons. The van der Waals surface area contributed by atoms with Gasteiger partial charge in [-0.2, -0.15) is 0 Å². The third kappa shape index (κ3) is 4.96. The number of anilines is 2. The molecule has 7 heteroatoms. The number of rotatable bonds is 9. The van der Waals surface area contributed by atoms with Crippen molar-refractivity contribution in [3.63, 3.8) is 0 Å². The standard InChI is InChI=1S/C23H29FN4OS/c1-5-27(6-2)18-13-11-17(12-14-18)22(29)28(16-8-15-26(3)4)23-25-21-19(24)9-7-10-20(21)30-23/h7,9-14H,5-6,8,15-16H2,1-4H3. The van der Waals surface area contributed by atoms with Crippen molar-refractivity contribution in [3.8, 4) is 0 Å². The maximum Gasteiger partial charge on any atom is 0.260 e. The number of amides is 1. The highest BCUT2D eigenvalue weighted by Crippen LogP contribution is 2.31. The smallest absolute Gasteiger partial charge is 0.260 e. The van der Waals surface area contributed by atoms with Crippen LogP contribution >= 0.6 is 11.3 Å². The van der Waals surface area contributed by atoms with Crippen LogP contribution in [0.5, 0.6) is 0 Å². The predicted octanol–water partition coefficient (Wildman–Crippen LogP) is 4.88. The number of carbonyl (C=O) groups excluding carboxylic acids is 1. The fourth-order valence-corrected chi connectivity index (χ4v) is 4.41. The molecular formula is C23H29FN4OS. The second-order valence-corrected chi connectivity index (χ2v) is 8.42. The van der Waals surface area contributed by atoms with Crippen LogP contribution in [0.15, 0.2) is 42.5 Å². The molecule has 160 valence electrons. The molecule has 0 unspecified atom stereocenters. The fourth-order valence-electron chi connectivity index (χ4n) is 3.41. The number of carbonyl (C=O) groups is 1. The summed E-state index contributed by atoms with van der Waals surface area (Å²) in [7, 11) is 4.01. The highest BCUT2D eigenvalue weighted by Gasteiger charge is 2.22. The van der Waals surface area contributed by atoms with Crippen LogP contribution < -0.4 is 9.80 Å². The first-order valence-corrected chi connectivity index (χ1v) is 11.1. The molecule has 30 heavy (non-hydrogen) atoms. The normalized spacial score (nSPS) is 11.3. The molecule has 0 aliphatic heterocycles. The van der Waals surface area contributed by atoms with Crippen molar-refractivity contribution in [1.29, 1.82) is 0 Å². The number of para-hydroxylation sites is 1. The Bertz CT molecular complexity index is 983. The van der Waals surface area contributed by atoms with E-state index in [4.69, 9.17) is 0 Å². The van der Waals surface area contributed by atoms with E-state index < -0.39 is 0 Å². The van der Waals surface area contributed by atoms with E-state index in [2.05, 4.69) is 28.6 Å². The lowest BCUT2D eigenvalue weighted by atomic mass is 10.1. The summed E-state index contributed by atoms with van der Waals surface area (Å²) in [6, 6.07) is 12.6. The Hall–Kier alpha value is -2.51. The largest absolute Gasteiger partial charge is 0.372 e. The minimum absolute atomic E-state index is 0.112. The summed E-state index contributed by atoms with van der Waals surface area (Å²) < 4.78 is 14.9. The second-order valence-electron chi connectivity index (χ2n) is 7.42. The first-order chi connectivity index (χ1) is 14.4. The van der Waals surface area contributed by atoms with E-state index in [1.807, 2.05) is 44.4 Å². The summed E-state index contributed by atoms with van der Waals surface area (Å²) >= 11 is 1.35. The number of halogens is 1. The van der Waals surface area contributed by atoms with Crippen LogP contribution in [-0.4, -0.2) is 56.1 Å². The number of benzene rings is 2. The van der Waals surface area contributed by atoms with Crippen molar-refractivity contribution in [2.24, 2.45) is 0 Å². The van der Waals surface area contributed by atoms with E-state index in [1.54, 1.807) is 11.0 Å². The maximum atomic E-state index is 14.2. The van der Waals surface area contributed by atoms with Gasteiger partial charge in [0.25, 0.3) is 5.91 Å². The highest BCUT2D eigenvalue weighted by atomic mass is 32.1. The first kappa shape index (κ1) is 22.2. The molecule has 0 atom stereocenters. The first-order valence-electron chi connectivity index (χ1n) is 10.3. The van der Waals surface area contributed by atoms with Crippen LogP contribution in [-0.2, 0) is 0 Å². The van der Waals surface area contributed by atoms with Crippen LogP contribution in [0.2, 0.25) is 0 Å². The average molecular weight is 429 g/mol. The van der Waals surface area contributed by atoms with Gasteiger partial charge in [-0.25, -0.2) is 9.37 Å². The third-order valence-electron chi connectivity index (χ3n) is 5.06. The van der Waals surface area contributed by atoms with Gasteiger partial charge >= 0.3 is 0 Å². The number of hydrogen-bond donors (Lipinski definition) is 0. The third-order valence-corrected chi connectivity index (χ3v) is 6.11. The second kappa shape index (κ2) is 10.00. The van der Waals surface area contributed by atoms with Gasteiger partial charge in [0, 0.05) is 30.9 Å². The number of hydrogen-bond acceptors (Lipinski definition) is 5. The Morgan fingerprint density at radius 3 is 2.33 bits per heavy atom. The van der Waals surface area contributed by atoms with Crippen molar-refractivity contribution in [1.82, 2.24) is 9.88 Å². The molecule has 1 heterocycles. The number of aromatic nitrogens is 1. The highest BCUT2D eigenvalue weighted by molar-refractivity contribution is 7.22. The van der Waals surface area contributed by atoms with Gasteiger partial charge in [0.15, 0.2) is 5.13 Å². The molecule has 5 nitrogen and oxygen atoms in total. The Labute approximate surface area is 181 Å². The van der Waals surface area contributed by atoms with Crippen LogP contribution in [0.1, 0.15) is 30.6 Å². The van der Waals surface area contributed by atoms with Crippen molar-refractivity contribution >= 4 is 38.3 Å². The van der Waals surface area contributed by atoms with E-state index in [-0.39, 0.29) is 11.7 Å². The molecule has 0 bridgehead atoms. The zero-order valence-corrected chi connectivity index (χ0v) is 18.9. The van der Waals surface area contributed by atoms with Crippen LogP contribution in [0.25, 0.3) is 10.2 Å². The molecule has 0 fully saturated rings. The quantitative estimate of drug-likeness (QED) is 0.487. The number of nitrogens with zero attached hydrogens (tertiary/aromatic N) is 4. The lowest BCUT2D eigenvalue weighted by Crippen LogP contribution is -2.33. The molecule has 3 rings (SSSR count). The van der Waals surface area contributed by atoms with Gasteiger partial charge in [0.1, 0.15) is 11.3 Å². The predicted molar refractivity (Wildman–Crippen MR) is 124 cm³/mol. The minimum Gasteiger partial charge on any atom is -0.372 e. The van der Waals surface area contributed by atoms with Crippen molar-refractivity contribution in [2.45, 2.75) is 20.3 Å². The van der Waals surface area contributed by atoms with Crippen LogP contribution in [0.3, 0.4) is 0 Å². The molecule has 0 N–H and O–H groups in total. The summed E-state index contributed by atoms with van der Waals surface area (Å²) in [5, 5.41) is 0.534. The molecule has 1 amide bonds. The molecule has 0 aliphatic rings. The van der Waals surface area contributed by atoms with Gasteiger partial charge in [0.2, 0.25) is 0 Å². The Morgan fingerprint density at radius 2 is 1.73 bits per heavy atom. The lowest BCUT2D eigenvalue weighted by molar-refractivity contribution is 0.0986. The topological polar surface area (TPSA) is 39.7 Å². The van der Waals surface area contributed by atoms with Gasteiger partial charge in [-0.1, -0.05) is 17.4 Å². The minimum atomic E-state index is -0.362. The summed E-state index contributed by atoms with van der Waals surface area (Å²) in [4.78, 5) is 23.8. The summed E-state index contributed by atoms with van der Waals surface area (Å²) in [5.74, 6) is -0.474. The van der Waals surface area contributed by atoms with E-state index in [0.717, 1.165) is 36.4 Å². The van der Waals surface area contributed by atoms with Crippen LogP contribution in [0, 0.1) is 5.82 Å². The Balaban J connectivity index is 1.90. The summed E-state index contributed by atoms with van der Waals surface area (Å²) in [6.45, 7) is 7.43. The SMILES string of the molecule is CCN(CC)c1ccc(C(=O)N(CCCN(C)C)c2nc3c(F)cccc3s2)cc1. The van der Waals surface area contributed by atoms with E-state index in [0.29, 0.717) is 22.8 Å². The van der Waals surface area contributed by atoms with E-state index >= 15 is 0 Å². The maximum absolute atomic E-state index is 14.2. The molecule has 2 aromatic carbocycles. The van der Waals surface area contributed by atoms with Gasteiger partial charge in [-0.05, 0) is 77.3 Å². The monoisotopic (exact) mass is 428 g/mol. The van der Waals surface area contributed by atoms with Crippen molar-refractivity contribution < 1.29 is 9.18 Å². The molecule has 3 aromatic rings. The van der Waals surface area contributed by atoms with Crippen molar-refractivity contribution in [2.75, 3.05) is 50.1 Å². The molecular weight excluding hydrogens is 399 g/mol. The van der Waals surface area contributed by atoms with Gasteiger partial charge in [-0.15, -0.1) is 0 Å². The van der Waals surface area contributed by atoms with Gasteiger partial charge in [0.05, 0.1) is 4.70 Å². The van der Waals surface area contributed by atoms with Gasteiger partial charge in [-0.3, -0.25) is 9.69 Å². The van der Waals surface area contributed by atoms with Gasteiger partial charge < -0.3 is 9.80 Å². The molecule has 1 aromatic heterocycles. The zero-order valence-electron chi connectivity index (χ0n) is 18.1. The Kier molecular flexibility index (Phi) is 7.39.